The monoisotopic (exact) mass is 141 g/mol. The van der Waals surface area contributed by atoms with Crippen LogP contribution in [-0.4, -0.2) is 18.4 Å². The van der Waals surface area contributed by atoms with E-state index < -0.39 is 0 Å². The molecule has 0 atom stereocenters. The molecule has 0 N–H and O–H groups in total. The van der Waals surface area contributed by atoms with Gasteiger partial charge < -0.3 is 0 Å². The van der Waals surface area contributed by atoms with E-state index in [1.54, 1.807) is 11.0 Å². The Balaban J connectivity index is 2.63. The summed E-state index contributed by atoms with van der Waals surface area (Å²) in [6.07, 6.45) is 0. The predicted octanol–water partition coefficient (Wildman–Crippen LogP) is 1.69. The molecule has 0 saturated heterocycles. The van der Waals surface area contributed by atoms with Gasteiger partial charge in [0, 0.05) is 11.0 Å². The van der Waals surface area contributed by atoms with E-state index in [9.17, 15) is 0 Å². The maximum Gasteiger partial charge on any atom is 0.00238 e. The zero-order valence-electron chi connectivity index (χ0n) is 3.71. The summed E-state index contributed by atoms with van der Waals surface area (Å²) in [4.78, 5) is 0. The van der Waals surface area contributed by atoms with E-state index in [1.165, 1.54) is 9.83 Å². The molecule has 0 spiro atoms. The van der Waals surface area contributed by atoms with Gasteiger partial charge in [0.15, 0.2) is 0 Å². The molecule has 0 amide bonds. The van der Waals surface area contributed by atoms with E-state index in [1.807, 2.05) is 18.4 Å². The fraction of sp³-hybridized carbons (Fsp3) is 1.00. The van der Waals surface area contributed by atoms with Crippen molar-refractivity contribution in [3.63, 3.8) is 0 Å². The molecular weight excluding hydrogens is 134 g/mol. The minimum absolute atomic E-state index is 1.45. The second kappa shape index (κ2) is 4.18. The Bertz CT molecular complexity index is 30.0. The van der Waals surface area contributed by atoms with Gasteiger partial charge in [0.1, 0.15) is 0 Å². The summed E-state index contributed by atoms with van der Waals surface area (Å²) in [5, 5.41) is 0. The van der Waals surface area contributed by atoms with Crippen LogP contribution in [0, 0.1) is 0 Å². The Morgan fingerprint density at radius 2 is 2.00 bits per heavy atom. The topological polar surface area (TPSA) is 3.24 Å². The lowest BCUT2D eigenvalue weighted by Gasteiger charge is -2.00. The van der Waals surface area contributed by atoms with Crippen molar-refractivity contribution in [2.24, 2.45) is 0 Å². The quantitative estimate of drug-likeness (QED) is 0.354. The van der Waals surface area contributed by atoms with Gasteiger partial charge in [-0.2, -0.15) is 0 Å². The van der Waals surface area contributed by atoms with Gasteiger partial charge in [0.2, 0.25) is 0 Å². The Kier molecular flexibility index (Phi) is 4.88. The molecule has 0 aliphatic carbocycles. The minimum Gasteiger partial charge on any atom is -0.247 e. The number of nitrogens with zero attached hydrogens (tertiary/aromatic N) is 1. The van der Waals surface area contributed by atoms with Crippen LogP contribution in [0.2, 0.25) is 0 Å². The number of rotatable bonds is 2. The average molecular weight is 141 g/mol. The Morgan fingerprint density at radius 3 is 2.00 bits per heavy atom. The van der Waals surface area contributed by atoms with Crippen LogP contribution in [0.25, 0.3) is 0 Å². The molecule has 0 rings (SSSR count). The first-order valence-electron chi connectivity index (χ1n) is 1.43. The molecule has 38 valence electrons. The average Bonchev–Trinajstić information content (AvgIpc) is 1.35. The number of thiol groups is 1. The molecule has 0 aromatic rings. The maximum atomic E-state index is 3.90. The Morgan fingerprint density at radius 1 is 1.50 bits per heavy atom. The summed E-state index contributed by atoms with van der Waals surface area (Å²) >= 11 is 3.90. The van der Waals surface area contributed by atoms with Crippen LogP contribution < -0.4 is 0 Å². The molecule has 0 radical (unpaired) electrons. The van der Waals surface area contributed by atoms with Gasteiger partial charge in [0.05, 0.1) is 0 Å². The van der Waals surface area contributed by atoms with Crippen molar-refractivity contribution >= 4 is 32.5 Å². The first-order valence-corrected chi connectivity index (χ1v) is 4.59. The molecule has 0 aromatic carbocycles. The van der Waals surface area contributed by atoms with Crippen molar-refractivity contribution in [2.75, 3.05) is 14.1 Å². The van der Waals surface area contributed by atoms with Crippen LogP contribution in [-0.2, 0) is 0 Å². The van der Waals surface area contributed by atoms with E-state index in [0.29, 0.717) is 0 Å². The zero-order chi connectivity index (χ0) is 4.99. The van der Waals surface area contributed by atoms with Crippen LogP contribution in [0.1, 0.15) is 0 Å². The summed E-state index contributed by atoms with van der Waals surface area (Å²) in [7, 11) is 7.01. The highest BCUT2D eigenvalue weighted by molar-refractivity contribution is 9.04. The molecule has 0 bridgehead atoms. The van der Waals surface area contributed by atoms with Gasteiger partial charge in [0.25, 0.3) is 0 Å². The van der Waals surface area contributed by atoms with Gasteiger partial charge in [-0.05, 0) is 23.9 Å². The second-order valence-electron chi connectivity index (χ2n) is 0.961. The molecule has 0 unspecified atom stereocenters. The Labute approximate surface area is 51.2 Å². The summed E-state index contributed by atoms with van der Waals surface area (Å²) < 4.78 is 1.98. The SMILES string of the molecule is CN(C)SSS. The summed E-state index contributed by atoms with van der Waals surface area (Å²) in [6, 6.07) is 0. The van der Waals surface area contributed by atoms with Crippen LogP contribution in [0.15, 0.2) is 0 Å². The van der Waals surface area contributed by atoms with Gasteiger partial charge in [-0.25, -0.2) is 4.31 Å². The van der Waals surface area contributed by atoms with Crippen molar-refractivity contribution in [1.29, 1.82) is 0 Å². The molecule has 1 nitrogen and oxygen atoms in total. The van der Waals surface area contributed by atoms with Crippen molar-refractivity contribution in [1.82, 2.24) is 4.31 Å². The molecule has 6 heavy (non-hydrogen) atoms. The highest BCUT2D eigenvalue weighted by Crippen LogP contribution is 2.25. The third-order valence-corrected chi connectivity index (χ3v) is 2.24. The standard InChI is InChI=1S/C2H7NS3/c1-3(2)5-6-4/h4H,1-2H3. The van der Waals surface area contributed by atoms with E-state index in [2.05, 4.69) is 11.7 Å². The highest BCUT2D eigenvalue weighted by atomic mass is 33.5. The smallest absolute Gasteiger partial charge is 0.00238 e. The fourth-order valence-electron chi connectivity index (χ4n) is 0.0667. The molecule has 0 fully saturated rings. The van der Waals surface area contributed by atoms with Crippen molar-refractivity contribution < 1.29 is 0 Å². The predicted molar refractivity (Wildman–Crippen MR) is 37.9 cm³/mol. The van der Waals surface area contributed by atoms with Crippen LogP contribution in [0.4, 0.5) is 0 Å². The van der Waals surface area contributed by atoms with Crippen molar-refractivity contribution in [3.05, 3.63) is 0 Å². The summed E-state index contributed by atoms with van der Waals surface area (Å²) in [5.41, 5.74) is 0. The first-order chi connectivity index (χ1) is 2.77. The van der Waals surface area contributed by atoms with Crippen molar-refractivity contribution in [3.8, 4) is 0 Å². The molecule has 0 heterocycles. The molecule has 0 aromatic heterocycles. The van der Waals surface area contributed by atoms with E-state index >= 15 is 0 Å². The maximum absolute atomic E-state index is 3.90. The van der Waals surface area contributed by atoms with E-state index in [4.69, 9.17) is 0 Å². The molecule has 0 aliphatic heterocycles. The molecule has 0 saturated carbocycles. The fourth-order valence-corrected chi connectivity index (χ4v) is 1.80. The lowest BCUT2D eigenvalue weighted by Crippen LogP contribution is -1.94. The third-order valence-electron chi connectivity index (χ3n) is 0.182. The van der Waals surface area contributed by atoms with E-state index in [0.717, 1.165) is 0 Å². The summed E-state index contributed by atoms with van der Waals surface area (Å²) in [6.45, 7) is 0. The largest absolute Gasteiger partial charge is 0.247 e. The van der Waals surface area contributed by atoms with Gasteiger partial charge >= 0.3 is 0 Å². The van der Waals surface area contributed by atoms with Crippen LogP contribution in [0.3, 0.4) is 0 Å². The van der Waals surface area contributed by atoms with Gasteiger partial charge in [-0.1, -0.05) is 11.7 Å². The first kappa shape index (κ1) is 7.01. The molecular formula is C2H7NS3. The highest BCUT2D eigenvalue weighted by Gasteiger charge is 1.82. The minimum atomic E-state index is 1.45. The molecule has 0 aliphatic rings. The lowest BCUT2D eigenvalue weighted by molar-refractivity contribution is 0.712. The summed E-state index contributed by atoms with van der Waals surface area (Å²) in [5.74, 6) is 0. The Hall–Kier alpha value is 1.01. The van der Waals surface area contributed by atoms with Crippen molar-refractivity contribution in [2.45, 2.75) is 0 Å². The molecule has 4 heteroatoms. The van der Waals surface area contributed by atoms with Crippen LogP contribution >= 0.6 is 32.5 Å². The third kappa shape index (κ3) is 5.01. The van der Waals surface area contributed by atoms with Gasteiger partial charge in [-0.15, -0.1) is 0 Å². The normalized spacial score (nSPS) is 10.0. The van der Waals surface area contributed by atoms with E-state index in [-0.39, 0.29) is 0 Å². The zero-order valence-corrected chi connectivity index (χ0v) is 6.24. The second-order valence-corrected chi connectivity index (χ2v) is 4.23. The van der Waals surface area contributed by atoms with Gasteiger partial charge in [-0.3, -0.25) is 0 Å². The lowest BCUT2D eigenvalue weighted by atomic mass is 11.3. The number of hydrogen-bond acceptors (Lipinski definition) is 4. The van der Waals surface area contributed by atoms with Crippen LogP contribution in [0.5, 0.6) is 0 Å². The number of hydrogen-bond donors (Lipinski definition) is 1.